The van der Waals surface area contributed by atoms with Crippen LogP contribution in [0.3, 0.4) is 0 Å². The van der Waals surface area contributed by atoms with Crippen LogP contribution in [0.25, 0.3) is 0 Å². The smallest absolute Gasteiger partial charge is 0.134 e. The maximum absolute atomic E-state index is 6.05. The molecule has 5 heteroatoms. The van der Waals surface area contributed by atoms with Crippen molar-refractivity contribution in [1.82, 2.24) is 14.9 Å². The topological polar surface area (TPSA) is 32.3 Å². The monoisotopic (exact) mass is 254 g/mol. The summed E-state index contributed by atoms with van der Waals surface area (Å²) in [6, 6.07) is 1.87. The quantitative estimate of drug-likeness (QED) is 0.771. The Morgan fingerprint density at radius 2 is 1.94 bits per heavy atom. The number of hydrogen-bond donors (Lipinski definition) is 0. The molecule has 94 valence electrons. The largest absolute Gasteiger partial charge is 0.354 e. The molecule has 0 aliphatic carbocycles. The second-order valence-corrected chi connectivity index (χ2v) is 4.89. The number of nitrogens with zero attached hydrogens (tertiary/aromatic N) is 4. The molecule has 1 aromatic heterocycles. The number of hydrogen-bond acceptors (Lipinski definition) is 4. The van der Waals surface area contributed by atoms with Crippen LogP contribution in [0.5, 0.6) is 0 Å². The summed E-state index contributed by atoms with van der Waals surface area (Å²) >= 11 is 6.05. The fourth-order valence-electron chi connectivity index (χ4n) is 1.98. The molecule has 1 aromatic rings. The molecular weight excluding hydrogens is 236 g/mol. The summed E-state index contributed by atoms with van der Waals surface area (Å²) in [5.41, 5.74) is 0. The van der Waals surface area contributed by atoms with Crippen molar-refractivity contribution in [2.45, 2.75) is 19.8 Å². The SMILES string of the molecule is CCCc1nc(Cl)cc(N2CCN(C)CC2)n1. The van der Waals surface area contributed by atoms with Crippen LogP contribution in [-0.4, -0.2) is 48.1 Å². The lowest BCUT2D eigenvalue weighted by molar-refractivity contribution is 0.312. The molecule has 17 heavy (non-hydrogen) atoms. The number of aryl methyl sites for hydroxylation is 1. The van der Waals surface area contributed by atoms with Crippen molar-refractivity contribution in [2.75, 3.05) is 38.1 Å². The third-order valence-corrected chi connectivity index (χ3v) is 3.22. The van der Waals surface area contributed by atoms with Crippen molar-refractivity contribution in [3.63, 3.8) is 0 Å². The molecule has 1 aliphatic rings. The summed E-state index contributed by atoms with van der Waals surface area (Å²) in [7, 11) is 2.15. The minimum absolute atomic E-state index is 0.553. The third-order valence-electron chi connectivity index (χ3n) is 3.03. The number of piperazine rings is 1. The highest BCUT2D eigenvalue weighted by molar-refractivity contribution is 6.29. The number of halogens is 1. The summed E-state index contributed by atoms with van der Waals surface area (Å²) in [5.74, 6) is 1.83. The third kappa shape index (κ3) is 3.30. The number of aromatic nitrogens is 2. The van der Waals surface area contributed by atoms with Gasteiger partial charge < -0.3 is 9.80 Å². The average Bonchev–Trinajstić information content (AvgIpc) is 2.29. The fourth-order valence-corrected chi connectivity index (χ4v) is 2.18. The van der Waals surface area contributed by atoms with E-state index in [4.69, 9.17) is 11.6 Å². The molecule has 1 fully saturated rings. The van der Waals surface area contributed by atoms with Gasteiger partial charge in [0.05, 0.1) is 0 Å². The fraction of sp³-hybridized carbons (Fsp3) is 0.667. The Morgan fingerprint density at radius 1 is 1.24 bits per heavy atom. The van der Waals surface area contributed by atoms with E-state index in [0.717, 1.165) is 50.7 Å². The van der Waals surface area contributed by atoms with Crippen LogP contribution in [0, 0.1) is 0 Å². The molecule has 0 spiro atoms. The lowest BCUT2D eigenvalue weighted by Gasteiger charge is -2.33. The van der Waals surface area contributed by atoms with E-state index in [1.165, 1.54) is 0 Å². The molecule has 1 aliphatic heterocycles. The minimum atomic E-state index is 0.553. The van der Waals surface area contributed by atoms with Crippen LogP contribution in [0.2, 0.25) is 5.15 Å². The maximum atomic E-state index is 6.05. The predicted molar refractivity (Wildman–Crippen MR) is 70.7 cm³/mol. The van der Waals surface area contributed by atoms with Gasteiger partial charge in [-0.2, -0.15) is 0 Å². The van der Waals surface area contributed by atoms with Gasteiger partial charge in [0, 0.05) is 38.7 Å². The summed E-state index contributed by atoms with van der Waals surface area (Å²) < 4.78 is 0. The zero-order valence-electron chi connectivity index (χ0n) is 10.5. The van der Waals surface area contributed by atoms with Gasteiger partial charge in [0.15, 0.2) is 0 Å². The van der Waals surface area contributed by atoms with E-state index in [1.807, 2.05) is 6.07 Å². The van der Waals surface area contributed by atoms with Crippen molar-refractivity contribution in [2.24, 2.45) is 0 Å². The first kappa shape index (κ1) is 12.6. The lowest BCUT2D eigenvalue weighted by atomic mass is 10.3. The van der Waals surface area contributed by atoms with E-state index in [-0.39, 0.29) is 0 Å². The van der Waals surface area contributed by atoms with Gasteiger partial charge in [-0.25, -0.2) is 9.97 Å². The Kier molecular flexibility index (Phi) is 4.18. The van der Waals surface area contributed by atoms with Crippen LogP contribution < -0.4 is 4.90 Å². The summed E-state index contributed by atoms with van der Waals surface area (Å²) in [4.78, 5) is 13.4. The Labute approximate surface area is 108 Å². The zero-order chi connectivity index (χ0) is 12.3. The Balaban J connectivity index is 2.14. The zero-order valence-corrected chi connectivity index (χ0v) is 11.2. The molecule has 2 rings (SSSR count). The first-order chi connectivity index (χ1) is 8.19. The summed E-state index contributed by atoms with van der Waals surface area (Å²) in [6.45, 7) is 6.29. The Hall–Kier alpha value is -0.870. The molecule has 4 nitrogen and oxygen atoms in total. The van der Waals surface area contributed by atoms with Crippen molar-refractivity contribution in [3.05, 3.63) is 17.0 Å². The predicted octanol–water partition coefficient (Wildman–Crippen LogP) is 1.83. The van der Waals surface area contributed by atoms with Gasteiger partial charge >= 0.3 is 0 Å². The standard InChI is InChI=1S/C12H19ClN4/c1-3-4-11-14-10(13)9-12(15-11)17-7-5-16(2)6-8-17/h9H,3-8H2,1-2H3. The molecular formula is C12H19ClN4. The molecule has 0 bridgehead atoms. The van der Waals surface area contributed by atoms with Crippen LogP contribution in [-0.2, 0) is 6.42 Å². The van der Waals surface area contributed by atoms with Crippen LogP contribution in [0.1, 0.15) is 19.2 Å². The van der Waals surface area contributed by atoms with Crippen LogP contribution in [0.4, 0.5) is 5.82 Å². The first-order valence-corrected chi connectivity index (χ1v) is 6.54. The Morgan fingerprint density at radius 3 is 2.59 bits per heavy atom. The van der Waals surface area contributed by atoms with Gasteiger partial charge in [0.25, 0.3) is 0 Å². The minimum Gasteiger partial charge on any atom is -0.354 e. The average molecular weight is 255 g/mol. The summed E-state index contributed by atoms with van der Waals surface area (Å²) in [5, 5.41) is 0.553. The van der Waals surface area contributed by atoms with Crippen LogP contribution in [0.15, 0.2) is 6.07 Å². The first-order valence-electron chi connectivity index (χ1n) is 6.16. The Bertz CT molecular complexity index is 375. The molecule has 0 N–H and O–H groups in total. The molecule has 2 heterocycles. The highest BCUT2D eigenvalue weighted by atomic mass is 35.5. The van der Waals surface area contributed by atoms with Crippen molar-refractivity contribution in [1.29, 1.82) is 0 Å². The van der Waals surface area contributed by atoms with E-state index >= 15 is 0 Å². The van der Waals surface area contributed by atoms with Gasteiger partial charge in [-0.3, -0.25) is 0 Å². The van der Waals surface area contributed by atoms with Crippen molar-refractivity contribution >= 4 is 17.4 Å². The molecule has 0 aromatic carbocycles. The van der Waals surface area contributed by atoms with E-state index in [9.17, 15) is 0 Å². The lowest BCUT2D eigenvalue weighted by Crippen LogP contribution is -2.44. The molecule has 1 saturated heterocycles. The highest BCUT2D eigenvalue weighted by Gasteiger charge is 2.16. The molecule has 0 amide bonds. The molecule has 0 saturated carbocycles. The molecule has 0 radical (unpaired) electrons. The second-order valence-electron chi connectivity index (χ2n) is 4.51. The van der Waals surface area contributed by atoms with Gasteiger partial charge in [-0.15, -0.1) is 0 Å². The highest BCUT2D eigenvalue weighted by Crippen LogP contribution is 2.18. The maximum Gasteiger partial charge on any atom is 0.134 e. The number of rotatable bonds is 3. The van der Waals surface area contributed by atoms with Gasteiger partial charge in [0.2, 0.25) is 0 Å². The summed E-state index contributed by atoms with van der Waals surface area (Å²) in [6.07, 6.45) is 1.93. The van der Waals surface area contributed by atoms with Crippen molar-refractivity contribution in [3.8, 4) is 0 Å². The van der Waals surface area contributed by atoms with Gasteiger partial charge in [-0.1, -0.05) is 18.5 Å². The number of anilines is 1. The van der Waals surface area contributed by atoms with Crippen LogP contribution >= 0.6 is 11.6 Å². The van der Waals surface area contributed by atoms with Gasteiger partial charge in [-0.05, 0) is 13.5 Å². The molecule has 0 atom stereocenters. The second kappa shape index (κ2) is 5.65. The normalized spacial score (nSPS) is 17.5. The van der Waals surface area contributed by atoms with E-state index in [0.29, 0.717) is 5.15 Å². The van der Waals surface area contributed by atoms with Crippen molar-refractivity contribution < 1.29 is 0 Å². The van der Waals surface area contributed by atoms with E-state index < -0.39 is 0 Å². The molecule has 0 unspecified atom stereocenters. The number of likely N-dealkylation sites (N-methyl/N-ethyl adjacent to an activating group) is 1. The van der Waals surface area contributed by atoms with E-state index in [1.54, 1.807) is 0 Å². The van der Waals surface area contributed by atoms with Gasteiger partial charge in [0.1, 0.15) is 16.8 Å². The van der Waals surface area contributed by atoms with E-state index in [2.05, 4.69) is 33.7 Å².